The van der Waals surface area contributed by atoms with Crippen LogP contribution in [-0.2, 0) is 4.74 Å². The first-order chi connectivity index (χ1) is 6.88. The van der Waals surface area contributed by atoms with E-state index in [1.165, 1.54) is 0 Å². The van der Waals surface area contributed by atoms with Crippen molar-refractivity contribution >= 4 is 11.8 Å². The number of hydrazine groups is 1. The zero-order valence-corrected chi connectivity index (χ0v) is 9.19. The van der Waals surface area contributed by atoms with Crippen LogP contribution < -0.4 is 11.3 Å². The van der Waals surface area contributed by atoms with Crippen LogP contribution in [0.5, 0.6) is 0 Å². The van der Waals surface area contributed by atoms with Gasteiger partial charge in [0.05, 0.1) is 12.7 Å². The summed E-state index contributed by atoms with van der Waals surface area (Å²) < 4.78 is 5.65. The number of nitrogens with two attached hydrogens (primary N) is 1. The Morgan fingerprint density at radius 3 is 3.14 bits per heavy atom. The van der Waals surface area contributed by atoms with Gasteiger partial charge in [-0.05, 0) is 12.8 Å². The van der Waals surface area contributed by atoms with E-state index in [0.717, 1.165) is 37.4 Å². The Bertz CT molecular complexity index is 187. The van der Waals surface area contributed by atoms with Crippen LogP contribution in [0.4, 0.5) is 0 Å². The minimum absolute atomic E-state index is 0.246. The average molecular weight is 214 g/mol. The van der Waals surface area contributed by atoms with Crippen molar-refractivity contribution in [2.45, 2.75) is 31.4 Å². The Morgan fingerprint density at radius 2 is 2.57 bits per heavy atom. The topological polar surface area (TPSA) is 47.3 Å². The maximum absolute atomic E-state index is 5.65. The van der Waals surface area contributed by atoms with E-state index in [0.29, 0.717) is 0 Å². The van der Waals surface area contributed by atoms with Gasteiger partial charge in [-0.2, -0.15) is 11.8 Å². The number of ether oxygens (including phenoxy) is 1. The summed E-state index contributed by atoms with van der Waals surface area (Å²) in [5.74, 6) is 10.3. The number of hydrogen-bond acceptors (Lipinski definition) is 4. The highest BCUT2D eigenvalue weighted by atomic mass is 32.2. The van der Waals surface area contributed by atoms with Gasteiger partial charge in [-0.25, -0.2) is 0 Å². The molecule has 0 aromatic carbocycles. The second-order valence-electron chi connectivity index (χ2n) is 3.35. The van der Waals surface area contributed by atoms with Crippen molar-refractivity contribution in [3.05, 3.63) is 0 Å². The molecular weight excluding hydrogens is 196 g/mol. The molecule has 1 rings (SSSR count). The van der Waals surface area contributed by atoms with E-state index < -0.39 is 0 Å². The maximum Gasteiger partial charge on any atom is 0.0832 e. The fraction of sp³-hybridized carbons (Fsp3) is 0.800. The van der Waals surface area contributed by atoms with Crippen LogP contribution in [0, 0.1) is 12.3 Å². The van der Waals surface area contributed by atoms with Gasteiger partial charge in [0.25, 0.3) is 0 Å². The van der Waals surface area contributed by atoms with Crippen molar-refractivity contribution < 1.29 is 4.74 Å². The Labute approximate surface area is 90.1 Å². The van der Waals surface area contributed by atoms with Crippen LogP contribution in [0.1, 0.15) is 19.3 Å². The van der Waals surface area contributed by atoms with Crippen LogP contribution in [-0.4, -0.2) is 30.3 Å². The van der Waals surface area contributed by atoms with Gasteiger partial charge in [0, 0.05) is 24.0 Å². The molecule has 0 aliphatic carbocycles. The Kier molecular flexibility index (Phi) is 6.04. The van der Waals surface area contributed by atoms with Crippen molar-refractivity contribution in [2.75, 3.05) is 18.1 Å². The van der Waals surface area contributed by atoms with E-state index in [1.54, 1.807) is 0 Å². The van der Waals surface area contributed by atoms with Crippen molar-refractivity contribution in [1.82, 2.24) is 5.43 Å². The molecule has 0 spiro atoms. The van der Waals surface area contributed by atoms with Crippen LogP contribution in [0.3, 0.4) is 0 Å². The molecular formula is C10H18N2OS. The smallest absolute Gasteiger partial charge is 0.0832 e. The lowest BCUT2D eigenvalue weighted by atomic mass is 10.1. The Morgan fingerprint density at radius 1 is 1.71 bits per heavy atom. The summed E-state index contributed by atoms with van der Waals surface area (Å²) in [6.45, 7) is 0.836. The van der Waals surface area contributed by atoms with Crippen molar-refractivity contribution in [1.29, 1.82) is 0 Å². The highest BCUT2D eigenvalue weighted by molar-refractivity contribution is 7.99. The van der Waals surface area contributed by atoms with Crippen LogP contribution in [0.25, 0.3) is 0 Å². The van der Waals surface area contributed by atoms with E-state index in [4.69, 9.17) is 17.0 Å². The van der Waals surface area contributed by atoms with Crippen molar-refractivity contribution in [3.8, 4) is 12.3 Å². The summed E-state index contributed by atoms with van der Waals surface area (Å²) >= 11 is 1.93. The molecule has 0 bridgehead atoms. The van der Waals surface area contributed by atoms with Crippen molar-refractivity contribution in [3.63, 3.8) is 0 Å². The molecule has 3 nitrogen and oxygen atoms in total. The largest absolute Gasteiger partial charge is 0.375 e. The predicted molar refractivity (Wildman–Crippen MR) is 60.9 cm³/mol. The molecule has 0 amide bonds. The lowest BCUT2D eigenvalue weighted by Gasteiger charge is -2.29. The minimum Gasteiger partial charge on any atom is -0.375 e. The zero-order chi connectivity index (χ0) is 10.2. The summed E-state index contributed by atoms with van der Waals surface area (Å²) in [5.41, 5.74) is 2.82. The van der Waals surface area contributed by atoms with Gasteiger partial charge in [0.2, 0.25) is 0 Å². The second kappa shape index (κ2) is 7.13. The van der Waals surface area contributed by atoms with Crippen LogP contribution >= 0.6 is 11.8 Å². The summed E-state index contributed by atoms with van der Waals surface area (Å²) in [6, 6.07) is 0.246. The molecule has 0 saturated carbocycles. The lowest BCUT2D eigenvalue weighted by Crippen LogP contribution is -2.47. The molecule has 0 radical (unpaired) electrons. The molecule has 0 aromatic rings. The molecule has 1 heterocycles. The normalized spacial score (nSPS) is 24.1. The third-order valence-corrected chi connectivity index (χ3v) is 3.36. The SMILES string of the molecule is C#CCCCC(NN)C1CSCCO1. The van der Waals surface area contributed by atoms with Gasteiger partial charge < -0.3 is 4.74 Å². The third kappa shape index (κ3) is 3.89. The molecule has 1 aliphatic heterocycles. The fourth-order valence-electron chi connectivity index (χ4n) is 1.54. The molecule has 2 atom stereocenters. The summed E-state index contributed by atoms with van der Waals surface area (Å²) in [5, 5.41) is 0. The molecule has 80 valence electrons. The molecule has 3 N–H and O–H groups in total. The third-order valence-electron chi connectivity index (χ3n) is 2.34. The van der Waals surface area contributed by atoms with Gasteiger partial charge in [0.15, 0.2) is 0 Å². The molecule has 1 fully saturated rings. The lowest BCUT2D eigenvalue weighted by molar-refractivity contribution is 0.0444. The number of thioether (sulfide) groups is 1. The zero-order valence-electron chi connectivity index (χ0n) is 8.37. The first-order valence-electron chi connectivity index (χ1n) is 4.97. The fourth-order valence-corrected chi connectivity index (χ4v) is 2.48. The Hall–Kier alpha value is -0.210. The predicted octanol–water partition coefficient (Wildman–Crippen LogP) is 0.754. The number of nitrogens with one attached hydrogen (secondary N) is 1. The second-order valence-corrected chi connectivity index (χ2v) is 4.50. The highest BCUT2D eigenvalue weighted by Crippen LogP contribution is 2.17. The molecule has 0 aromatic heterocycles. The average Bonchev–Trinajstić information content (AvgIpc) is 2.26. The van der Waals surface area contributed by atoms with E-state index in [9.17, 15) is 0 Å². The van der Waals surface area contributed by atoms with Gasteiger partial charge >= 0.3 is 0 Å². The molecule has 14 heavy (non-hydrogen) atoms. The molecule has 4 heteroatoms. The molecule has 2 unspecified atom stereocenters. The summed E-state index contributed by atoms with van der Waals surface area (Å²) in [4.78, 5) is 0. The molecule has 1 aliphatic rings. The monoisotopic (exact) mass is 214 g/mol. The first kappa shape index (κ1) is 11.9. The van der Waals surface area contributed by atoms with Gasteiger partial charge in [0.1, 0.15) is 0 Å². The van der Waals surface area contributed by atoms with Crippen LogP contribution in [0.15, 0.2) is 0 Å². The summed E-state index contributed by atoms with van der Waals surface area (Å²) in [6.07, 6.45) is 8.26. The minimum atomic E-state index is 0.246. The van der Waals surface area contributed by atoms with E-state index in [2.05, 4.69) is 11.3 Å². The van der Waals surface area contributed by atoms with E-state index in [-0.39, 0.29) is 12.1 Å². The van der Waals surface area contributed by atoms with Gasteiger partial charge in [-0.3, -0.25) is 11.3 Å². The number of hydrogen-bond donors (Lipinski definition) is 2. The van der Waals surface area contributed by atoms with Gasteiger partial charge in [-0.15, -0.1) is 12.3 Å². The van der Waals surface area contributed by atoms with Crippen molar-refractivity contribution in [2.24, 2.45) is 5.84 Å². The standard InChI is InChI=1S/C10H18N2OS/c1-2-3-4-5-9(12-11)10-8-14-7-6-13-10/h1,9-10,12H,3-8,11H2. The highest BCUT2D eigenvalue weighted by Gasteiger charge is 2.23. The number of unbranched alkanes of at least 4 members (excludes halogenated alkanes) is 1. The maximum atomic E-state index is 5.65. The van der Waals surface area contributed by atoms with E-state index in [1.807, 2.05) is 11.8 Å². The van der Waals surface area contributed by atoms with Crippen LogP contribution in [0.2, 0.25) is 0 Å². The number of rotatable bonds is 5. The van der Waals surface area contributed by atoms with Gasteiger partial charge in [-0.1, -0.05) is 0 Å². The Balaban J connectivity index is 2.25. The first-order valence-corrected chi connectivity index (χ1v) is 6.13. The van der Waals surface area contributed by atoms with E-state index >= 15 is 0 Å². The molecule has 1 saturated heterocycles. The number of terminal acetylenes is 1. The quantitative estimate of drug-likeness (QED) is 0.307. The summed E-state index contributed by atoms with van der Waals surface area (Å²) in [7, 11) is 0.